The van der Waals surface area contributed by atoms with Crippen LogP contribution in [0.2, 0.25) is 0 Å². The highest BCUT2D eigenvalue weighted by Crippen LogP contribution is 2.40. The minimum Gasteiger partial charge on any atom is -0.508 e. The molecule has 2 aromatic rings. The minimum absolute atomic E-state index is 0.218. The predicted molar refractivity (Wildman–Crippen MR) is 117 cm³/mol. The maximum atomic E-state index is 9.79. The zero-order valence-electron chi connectivity index (χ0n) is 17.1. The lowest BCUT2D eigenvalue weighted by Gasteiger charge is -2.33. The van der Waals surface area contributed by atoms with Crippen molar-refractivity contribution in [3.63, 3.8) is 0 Å². The van der Waals surface area contributed by atoms with Gasteiger partial charge in [0.25, 0.3) is 0 Å². The average Bonchev–Trinajstić information content (AvgIpc) is 2.70. The summed E-state index contributed by atoms with van der Waals surface area (Å²) in [6.45, 7) is 2.33. The molecule has 2 N–H and O–H groups in total. The van der Waals surface area contributed by atoms with Gasteiger partial charge < -0.3 is 10.2 Å². The van der Waals surface area contributed by atoms with Gasteiger partial charge in [0, 0.05) is 5.41 Å². The molecular formula is C26H34O2. The van der Waals surface area contributed by atoms with Crippen LogP contribution >= 0.6 is 0 Å². The van der Waals surface area contributed by atoms with Crippen molar-refractivity contribution in [3.8, 4) is 11.5 Å². The van der Waals surface area contributed by atoms with E-state index in [1.54, 1.807) is 24.3 Å². The number of hydrogen-bond donors (Lipinski definition) is 2. The SMILES string of the molecule is CCC1CCC/C=C\C(c2ccc(O)cc2)(c2ccc(O)cc2)CCCCC1. The van der Waals surface area contributed by atoms with Crippen LogP contribution in [0.1, 0.15) is 75.8 Å². The molecule has 1 aliphatic carbocycles. The second-order valence-corrected chi connectivity index (χ2v) is 8.27. The number of hydrogen-bond acceptors (Lipinski definition) is 2. The third kappa shape index (κ3) is 4.98. The Labute approximate surface area is 169 Å². The molecule has 0 amide bonds. The van der Waals surface area contributed by atoms with E-state index < -0.39 is 0 Å². The molecular weight excluding hydrogens is 344 g/mol. The van der Waals surface area contributed by atoms with Crippen molar-refractivity contribution in [2.45, 2.75) is 70.1 Å². The molecule has 28 heavy (non-hydrogen) atoms. The first-order chi connectivity index (χ1) is 13.6. The summed E-state index contributed by atoms with van der Waals surface area (Å²) in [5.41, 5.74) is 2.19. The number of rotatable bonds is 3. The Balaban J connectivity index is 1.98. The van der Waals surface area contributed by atoms with E-state index in [2.05, 4.69) is 19.1 Å². The summed E-state index contributed by atoms with van der Waals surface area (Å²) in [6, 6.07) is 15.3. The summed E-state index contributed by atoms with van der Waals surface area (Å²) < 4.78 is 0. The summed E-state index contributed by atoms with van der Waals surface area (Å²) in [7, 11) is 0. The summed E-state index contributed by atoms with van der Waals surface area (Å²) >= 11 is 0. The number of benzene rings is 2. The van der Waals surface area contributed by atoms with Crippen LogP contribution in [0, 0.1) is 5.92 Å². The molecule has 0 aliphatic heterocycles. The van der Waals surface area contributed by atoms with E-state index in [1.807, 2.05) is 24.3 Å². The summed E-state index contributed by atoms with van der Waals surface area (Å²) in [5, 5.41) is 19.6. The largest absolute Gasteiger partial charge is 0.508 e. The summed E-state index contributed by atoms with van der Waals surface area (Å²) in [4.78, 5) is 0. The molecule has 0 saturated carbocycles. The van der Waals surface area contributed by atoms with Crippen LogP contribution in [-0.2, 0) is 5.41 Å². The molecule has 1 unspecified atom stereocenters. The Kier molecular flexibility index (Phi) is 7.19. The Hall–Kier alpha value is -2.22. The predicted octanol–water partition coefficient (Wildman–Crippen LogP) is 7.10. The average molecular weight is 379 g/mol. The normalized spacial score (nSPS) is 22.0. The van der Waals surface area contributed by atoms with Crippen LogP contribution in [0.5, 0.6) is 11.5 Å². The second-order valence-electron chi connectivity index (χ2n) is 8.27. The molecule has 0 aromatic heterocycles. The van der Waals surface area contributed by atoms with Crippen molar-refractivity contribution in [3.05, 3.63) is 71.8 Å². The Morgan fingerprint density at radius 3 is 1.93 bits per heavy atom. The van der Waals surface area contributed by atoms with Crippen molar-refractivity contribution >= 4 is 0 Å². The van der Waals surface area contributed by atoms with Gasteiger partial charge in [0.2, 0.25) is 0 Å². The van der Waals surface area contributed by atoms with Gasteiger partial charge in [-0.15, -0.1) is 0 Å². The smallest absolute Gasteiger partial charge is 0.115 e. The van der Waals surface area contributed by atoms with Crippen LogP contribution in [0.3, 0.4) is 0 Å². The Morgan fingerprint density at radius 1 is 0.786 bits per heavy atom. The van der Waals surface area contributed by atoms with Crippen molar-refractivity contribution in [1.29, 1.82) is 0 Å². The first-order valence-corrected chi connectivity index (χ1v) is 10.9. The van der Waals surface area contributed by atoms with Crippen LogP contribution in [0.4, 0.5) is 0 Å². The van der Waals surface area contributed by atoms with Gasteiger partial charge in [-0.2, -0.15) is 0 Å². The zero-order chi connectivity index (χ0) is 19.8. The fourth-order valence-electron chi connectivity index (χ4n) is 4.62. The van der Waals surface area contributed by atoms with E-state index in [4.69, 9.17) is 0 Å². The van der Waals surface area contributed by atoms with Crippen molar-refractivity contribution in [1.82, 2.24) is 0 Å². The van der Waals surface area contributed by atoms with Gasteiger partial charge >= 0.3 is 0 Å². The lowest BCUT2D eigenvalue weighted by molar-refractivity contribution is 0.395. The first kappa shape index (κ1) is 20.5. The fraction of sp³-hybridized carbons (Fsp3) is 0.462. The third-order valence-electron chi connectivity index (χ3n) is 6.41. The lowest BCUT2D eigenvalue weighted by atomic mass is 9.70. The molecule has 3 rings (SSSR count). The molecule has 0 heterocycles. The highest BCUT2D eigenvalue weighted by Gasteiger charge is 2.31. The lowest BCUT2D eigenvalue weighted by Crippen LogP contribution is -2.25. The van der Waals surface area contributed by atoms with Crippen molar-refractivity contribution in [2.24, 2.45) is 5.92 Å². The molecule has 1 aliphatic rings. The van der Waals surface area contributed by atoms with Crippen molar-refractivity contribution < 1.29 is 10.2 Å². The van der Waals surface area contributed by atoms with E-state index in [0.29, 0.717) is 11.5 Å². The Bertz CT molecular complexity index is 698. The Morgan fingerprint density at radius 2 is 1.36 bits per heavy atom. The van der Waals surface area contributed by atoms with Gasteiger partial charge in [-0.3, -0.25) is 0 Å². The molecule has 0 fully saturated rings. The van der Waals surface area contributed by atoms with Gasteiger partial charge in [0.1, 0.15) is 11.5 Å². The molecule has 2 aromatic carbocycles. The first-order valence-electron chi connectivity index (χ1n) is 10.9. The van der Waals surface area contributed by atoms with Crippen LogP contribution < -0.4 is 0 Å². The number of allylic oxidation sites excluding steroid dienone is 2. The van der Waals surface area contributed by atoms with Gasteiger partial charge in [-0.1, -0.05) is 81.9 Å². The highest BCUT2D eigenvalue weighted by atomic mass is 16.3. The van der Waals surface area contributed by atoms with Crippen LogP contribution in [0.15, 0.2) is 60.7 Å². The number of aromatic hydroxyl groups is 2. The zero-order valence-corrected chi connectivity index (χ0v) is 17.1. The molecule has 0 bridgehead atoms. The standard InChI is InChI=1S/C26H34O2/c1-2-21-9-5-3-7-19-26(20-8-4-6-10-21,22-11-15-24(27)16-12-22)23-13-17-25(28)18-14-23/h7,11-19,21,27-28H,2-6,8-10,20H2,1H3/b19-7-. The van der Waals surface area contributed by atoms with Gasteiger partial charge in [-0.25, -0.2) is 0 Å². The quantitative estimate of drug-likeness (QED) is 0.559. The molecule has 0 saturated heterocycles. The fourth-order valence-corrected chi connectivity index (χ4v) is 4.62. The molecule has 1 atom stereocenters. The van der Waals surface area contributed by atoms with E-state index in [1.165, 1.54) is 56.1 Å². The number of phenolic OH excluding ortho intramolecular Hbond substituents is 2. The summed E-state index contributed by atoms with van der Waals surface area (Å²) in [6.07, 6.45) is 15.8. The topological polar surface area (TPSA) is 40.5 Å². The van der Waals surface area contributed by atoms with Crippen LogP contribution in [0.25, 0.3) is 0 Å². The molecule has 150 valence electrons. The molecule has 2 nitrogen and oxygen atoms in total. The molecule has 0 spiro atoms. The van der Waals surface area contributed by atoms with Gasteiger partial charge in [0.05, 0.1) is 0 Å². The maximum absolute atomic E-state index is 9.79. The summed E-state index contributed by atoms with van der Waals surface area (Å²) in [5.74, 6) is 1.48. The van der Waals surface area contributed by atoms with Gasteiger partial charge in [0.15, 0.2) is 0 Å². The number of phenols is 2. The molecule has 2 heteroatoms. The highest BCUT2D eigenvalue weighted by molar-refractivity contribution is 5.47. The monoisotopic (exact) mass is 378 g/mol. The second kappa shape index (κ2) is 9.82. The van der Waals surface area contributed by atoms with E-state index in [-0.39, 0.29) is 5.41 Å². The molecule has 0 radical (unpaired) electrons. The van der Waals surface area contributed by atoms with E-state index in [0.717, 1.165) is 18.8 Å². The maximum Gasteiger partial charge on any atom is 0.115 e. The van der Waals surface area contributed by atoms with E-state index in [9.17, 15) is 10.2 Å². The van der Waals surface area contributed by atoms with Gasteiger partial charge in [-0.05, 0) is 60.6 Å². The van der Waals surface area contributed by atoms with E-state index >= 15 is 0 Å². The third-order valence-corrected chi connectivity index (χ3v) is 6.41. The minimum atomic E-state index is -0.218. The van der Waals surface area contributed by atoms with Crippen LogP contribution in [-0.4, -0.2) is 10.2 Å². The van der Waals surface area contributed by atoms with Crippen molar-refractivity contribution in [2.75, 3.05) is 0 Å².